The Morgan fingerprint density at radius 2 is 1.94 bits per heavy atom. The highest BCUT2D eigenvalue weighted by Crippen LogP contribution is 2.28. The van der Waals surface area contributed by atoms with E-state index in [0.717, 1.165) is 29.9 Å². The van der Waals surface area contributed by atoms with Crippen molar-refractivity contribution in [1.29, 1.82) is 0 Å². The largest absolute Gasteiger partial charge is 0.371 e. The van der Waals surface area contributed by atoms with Gasteiger partial charge in [-0.25, -0.2) is 15.8 Å². The molecule has 0 aliphatic heterocycles. The molecule has 1 aromatic heterocycles. The average Bonchev–Trinajstić information content (AvgIpc) is 2.37. The number of aryl methyl sites for hydroxylation is 1. The summed E-state index contributed by atoms with van der Waals surface area (Å²) in [6.07, 6.45) is 4.36. The van der Waals surface area contributed by atoms with Gasteiger partial charge in [0, 0.05) is 18.4 Å². The normalized spacial score (nSPS) is 15.5. The summed E-state index contributed by atoms with van der Waals surface area (Å²) in [7, 11) is 1.67. The van der Waals surface area contributed by atoms with E-state index in [0.29, 0.717) is 5.82 Å². The zero-order chi connectivity index (χ0) is 12.5. The number of hydrazine groups is 1. The highest BCUT2D eigenvalue weighted by Gasteiger charge is 2.27. The number of nitrogens with two attached hydrogens (primary N) is 1. The van der Waals surface area contributed by atoms with Gasteiger partial charge in [-0.2, -0.15) is 0 Å². The number of nitrogen functional groups attached to an aromatic ring is 1. The summed E-state index contributed by atoms with van der Waals surface area (Å²) in [5, 5.41) is 0. The number of hydrogen-bond donors (Lipinski definition) is 2. The van der Waals surface area contributed by atoms with Gasteiger partial charge in [-0.15, -0.1) is 0 Å². The Bertz CT molecular complexity index is 400. The molecule has 0 saturated heterocycles. The number of ether oxygens (including phenoxy) is 1. The van der Waals surface area contributed by atoms with Gasteiger partial charge in [-0.3, -0.25) is 0 Å². The molecule has 0 radical (unpaired) electrons. The molecule has 0 atom stereocenters. The van der Waals surface area contributed by atoms with E-state index in [1.54, 1.807) is 7.11 Å². The predicted octanol–water partition coefficient (Wildman–Crippen LogP) is 1.52. The van der Waals surface area contributed by atoms with E-state index < -0.39 is 5.60 Å². The third-order valence-corrected chi connectivity index (χ3v) is 3.37. The minimum Gasteiger partial charge on any atom is -0.371 e. The number of hydrogen-bond acceptors (Lipinski definition) is 5. The van der Waals surface area contributed by atoms with Crippen molar-refractivity contribution in [3.63, 3.8) is 0 Å². The second-order valence-electron chi connectivity index (χ2n) is 4.89. The quantitative estimate of drug-likeness (QED) is 0.615. The molecule has 0 spiro atoms. The van der Waals surface area contributed by atoms with Crippen LogP contribution in [0.25, 0.3) is 0 Å². The van der Waals surface area contributed by atoms with E-state index in [2.05, 4.69) is 15.4 Å². The van der Waals surface area contributed by atoms with Crippen molar-refractivity contribution in [3.05, 3.63) is 17.1 Å². The summed E-state index contributed by atoms with van der Waals surface area (Å²) >= 11 is 0. The average molecular weight is 236 g/mol. The van der Waals surface area contributed by atoms with Crippen LogP contribution in [0.1, 0.15) is 43.8 Å². The van der Waals surface area contributed by atoms with E-state index in [1.165, 1.54) is 12.8 Å². The van der Waals surface area contributed by atoms with Crippen LogP contribution in [0.3, 0.4) is 0 Å². The second kappa shape index (κ2) is 4.58. The summed E-state index contributed by atoms with van der Waals surface area (Å²) in [5.41, 5.74) is 4.47. The molecular formula is C12H20N4O. The van der Waals surface area contributed by atoms with Crippen molar-refractivity contribution in [2.75, 3.05) is 12.5 Å². The first-order valence-corrected chi connectivity index (χ1v) is 6.00. The summed E-state index contributed by atoms with van der Waals surface area (Å²) in [4.78, 5) is 9.11. The molecule has 1 aliphatic carbocycles. The van der Waals surface area contributed by atoms with Gasteiger partial charge in [0.15, 0.2) is 5.82 Å². The lowest BCUT2D eigenvalue weighted by Crippen LogP contribution is -2.27. The van der Waals surface area contributed by atoms with Gasteiger partial charge in [-0.05, 0) is 39.5 Å². The fourth-order valence-corrected chi connectivity index (χ4v) is 2.07. The van der Waals surface area contributed by atoms with Crippen LogP contribution < -0.4 is 11.3 Å². The SMILES string of the molecule is COC(C)(C)c1nc2c(c(NN)n1)CCCC2. The molecule has 0 fully saturated rings. The Kier molecular flexibility index (Phi) is 3.31. The maximum absolute atomic E-state index is 5.55. The summed E-state index contributed by atoms with van der Waals surface area (Å²) in [5.74, 6) is 6.98. The molecule has 0 aromatic carbocycles. The van der Waals surface area contributed by atoms with Crippen molar-refractivity contribution in [2.24, 2.45) is 5.84 Å². The van der Waals surface area contributed by atoms with Crippen LogP contribution in [0.5, 0.6) is 0 Å². The van der Waals surface area contributed by atoms with Gasteiger partial charge < -0.3 is 10.2 Å². The molecule has 0 amide bonds. The molecule has 2 rings (SSSR count). The Balaban J connectivity index is 2.50. The van der Waals surface area contributed by atoms with Gasteiger partial charge in [-0.1, -0.05) is 0 Å². The first-order valence-electron chi connectivity index (χ1n) is 6.00. The van der Waals surface area contributed by atoms with Gasteiger partial charge in [0.1, 0.15) is 11.4 Å². The molecule has 94 valence electrons. The molecule has 1 aromatic rings. The van der Waals surface area contributed by atoms with Crippen molar-refractivity contribution < 1.29 is 4.74 Å². The number of nitrogens with one attached hydrogen (secondary N) is 1. The third-order valence-electron chi connectivity index (χ3n) is 3.37. The fourth-order valence-electron chi connectivity index (χ4n) is 2.07. The molecular weight excluding hydrogens is 216 g/mol. The minimum atomic E-state index is -0.488. The Labute approximate surface area is 102 Å². The Hall–Kier alpha value is -1.20. The lowest BCUT2D eigenvalue weighted by Gasteiger charge is -2.25. The number of anilines is 1. The number of aromatic nitrogens is 2. The number of rotatable bonds is 3. The second-order valence-corrected chi connectivity index (χ2v) is 4.89. The van der Waals surface area contributed by atoms with Crippen LogP contribution in [0.15, 0.2) is 0 Å². The third kappa shape index (κ3) is 2.25. The van der Waals surface area contributed by atoms with Crippen molar-refractivity contribution >= 4 is 5.82 Å². The zero-order valence-corrected chi connectivity index (χ0v) is 10.7. The zero-order valence-electron chi connectivity index (χ0n) is 10.7. The minimum absolute atomic E-state index is 0.488. The van der Waals surface area contributed by atoms with Crippen molar-refractivity contribution in [2.45, 2.75) is 45.1 Å². The van der Waals surface area contributed by atoms with E-state index >= 15 is 0 Å². The first kappa shape index (κ1) is 12.3. The van der Waals surface area contributed by atoms with E-state index in [1.807, 2.05) is 13.8 Å². The van der Waals surface area contributed by atoms with E-state index in [9.17, 15) is 0 Å². The van der Waals surface area contributed by atoms with E-state index in [4.69, 9.17) is 10.6 Å². The van der Waals surface area contributed by atoms with Crippen molar-refractivity contribution in [3.8, 4) is 0 Å². The van der Waals surface area contributed by atoms with Crippen molar-refractivity contribution in [1.82, 2.24) is 9.97 Å². The first-order chi connectivity index (χ1) is 8.08. The molecule has 5 heteroatoms. The fraction of sp³-hybridized carbons (Fsp3) is 0.667. The number of methoxy groups -OCH3 is 1. The van der Waals surface area contributed by atoms with Crippen LogP contribution in [-0.4, -0.2) is 17.1 Å². The maximum atomic E-state index is 5.55. The number of nitrogens with zero attached hydrogens (tertiary/aromatic N) is 2. The predicted molar refractivity (Wildman–Crippen MR) is 66.5 cm³/mol. The molecule has 0 unspecified atom stereocenters. The van der Waals surface area contributed by atoms with Crippen LogP contribution in [-0.2, 0) is 23.2 Å². The monoisotopic (exact) mass is 236 g/mol. The molecule has 3 N–H and O–H groups in total. The summed E-state index contributed by atoms with van der Waals surface area (Å²) < 4.78 is 5.42. The maximum Gasteiger partial charge on any atom is 0.162 e. The summed E-state index contributed by atoms with van der Waals surface area (Å²) in [6.45, 7) is 3.91. The molecule has 5 nitrogen and oxygen atoms in total. The number of fused-ring (bicyclic) bond motifs is 1. The highest BCUT2D eigenvalue weighted by atomic mass is 16.5. The Morgan fingerprint density at radius 1 is 1.24 bits per heavy atom. The molecule has 0 saturated carbocycles. The lowest BCUT2D eigenvalue weighted by molar-refractivity contribution is 0.0113. The van der Waals surface area contributed by atoms with Crippen LogP contribution in [0.4, 0.5) is 5.82 Å². The van der Waals surface area contributed by atoms with Gasteiger partial charge in [0.05, 0.1) is 0 Å². The lowest BCUT2D eigenvalue weighted by atomic mass is 9.95. The summed E-state index contributed by atoms with van der Waals surface area (Å²) in [6, 6.07) is 0. The topological polar surface area (TPSA) is 73.1 Å². The van der Waals surface area contributed by atoms with Crippen LogP contribution >= 0.6 is 0 Å². The standard InChI is InChI=1S/C12H20N4O/c1-12(2,17-3)11-14-9-7-5-4-6-8(9)10(15-11)16-13/h4-7,13H2,1-3H3,(H,14,15,16). The van der Waals surface area contributed by atoms with Gasteiger partial charge in [0.2, 0.25) is 0 Å². The highest BCUT2D eigenvalue weighted by molar-refractivity contribution is 5.47. The molecule has 1 aliphatic rings. The van der Waals surface area contributed by atoms with Crippen LogP contribution in [0, 0.1) is 0 Å². The smallest absolute Gasteiger partial charge is 0.162 e. The molecule has 0 bridgehead atoms. The molecule has 17 heavy (non-hydrogen) atoms. The van der Waals surface area contributed by atoms with Crippen LogP contribution in [0.2, 0.25) is 0 Å². The Morgan fingerprint density at radius 3 is 2.59 bits per heavy atom. The van der Waals surface area contributed by atoms with Gasteiger partial charge in [0.25, 0.3) is 0 Å². The van der Waals surface area contributed by atoms with E-state index in [-0.39, 0.29) is 0 Å². The van der Waals surface area contributed by atoms with Gasteiger partial charge >= 0.3 is 0 Å². The molecule has 1 heterocycles.